The number of piperazine rings is 1. The van der Waals surface area contributed by atoms with E-state index in [1.807, 2.05) is 36.4 Å². The SMILES string of the molecule is COc1cc(Nc2cc(Oc3ccc(NC(=O)Nc4cc(C(C)(C)C)cc(NS(C)=O)c4OC)c4ccccc34)ccn2)cc(OC)c1C(=O)NCCN1CCN(C)CC1. The number of amides is 3. The molecule has 1 unspecified atom stereocenters. The van der Waals surface area contributed by atoms with Crippen LogP contribution in [0.25, 0.3) is 10.8 Å². The molecule has 5 aromatic rings. The Morgan fingerprint density at radius 3 is 2.12 bits per heavy atom. The fourth-order valence-corrected chi connectivity index (χ4v) is 7.33. The number of urea groups is 1. The molecule has 4 aromatic carbocycles. The lowest BCUT2D eigenvalue weighted by atomic mass is 9.86. The van der Waals surface area contributed by atoms with Crippen LogP contribution in [-0.4, -0.2) is 105 Å². The second-order valence-electron chi connectivity index (χ2n) is 15.4. The van der Waals surface area contributed by atoms with Gasteiger partial charge in [-0.3, -0.25) is 9.69 Å². The van der Waals surface area contributed by atoms with Crippen molar-refractivity contribution in [3.8, 4) is 28.7 Å². The Morgan fingerprint density at radius 2 is 1.47 bits per heavy atom. The summed E-state index contributed by atoms with van der Waals surface area (Å²) in [6, 6.07) is 21.3. The number of carbonyl (C=O) groups excluding carboxylic acids is 2. The quantitative estimate of drug-likeness (QED) is 0.0712. The number of pyridine rings is 1. The number of aromatic nitrogens is 1. The molecule has 5 N–H and O–H groups in total. The highest BCUT2D eigenvalue weighted by atomic mass is 32.2. The maximum atomic E-state index is 13.5. The minimum Gasteiger partial charge on any atom is -0.496 e. The van der Waals surface area contributed by atoms with Crippen LogP contribution < -0.4 is 44.9 Å². The number of anilines is 5. The summed E-state index contributed by atoms with van der Waals surface area (Å²) in [5.74, 6) is 2.33. The Bertz CT molecular complexity index is 2340. The molecule has 6 rings (SSSR count). The average Bonchev–Trinajstić information content (AvgIpc) is 3.21. The number of hydrogen-bond acceptors (Lipinski definition) is 11. The van der Waals surface area contributed by atoms with E-state index < -0.39 is 17.0 Å². The summed E-state index contributed by atoms with van der Waals surface area (Å²) in [6.45, 7) is 11.4. The number of rotatable bonds is 15. The van der Waals surface area contributed by atoms with E-state index >= 15 is 0 Å². The first kappa shape index (κ1) is 43.5. The van der Waals surface area contributed by atoms with Gasteiger partial charge in [0.2, 0.25) is 0 Å². The van der Waals surface area contributed by atoms with E-state index in [0.717, 1.165) is 49.1 Å². The number of nitrogens with zero attached hydrogens (tertiary/aromatic N) is 3. The van der Waals surface area contributed by atoms with Crippen molar-refractivity contribution in [1.29, 1.82) is 0 Å². The van der Waals surface area contributed by atoms with Crippen LogP contribution in [0.2, 0.25) is 0 Å². The summed E-state index contributed by atoms with van der Waals surface area (Å²) in [5.41, 5.74) is 3.04. The molecule has 0 saturated carbocycles. The third-order valence-electron chi connectivity index (χ3n) is 10.1. The Morgan fingerprint density at radius 1 is 0.800 bits per heavy atom. The summed E-state index contributed by atoms with van der Waals surface area (Å²) in [7, 11) is 5.27. The van der Waals surface area contributed by atoms with Crippen LogP contribution in [0.3, 0.4) is 0 Å². The molecule has 0 spiro atoms. The smallest absolute Gasteiger partial charge is 0.323 e. The van der Waals surface area contributed by atoms with Gasteiger partial charge in [-0.2, -0.15) is 0 Å². The van der Waals surface area contributed by atoms with Gasteiger partial charge in [0.05, 0.1) is 38.4 Å². The van der Waals surface area contributed by atoms with E-state index in [1.165, 1.54) is 27.6 Å². The zero-order valence-corrected chi connectivity index (χ0v) is 36.2. The van der Waals surface area contributed by atoms with Gasteiger partial charge in [0.1, 0.15) is 45.4 Å². The third-order valence-corrected chi connectivity index (χ3v) is 10.6. The van der Waals surface area contributed by atoms with E-state index in [0.29, 0.717) is 69.4 Å². The van der Waals surface area contributed by atoms with Crippen molar-refractivity contribution in [2.75, 3.05) is 94.6 Å². The first-order valence-electron chi connectivity index (χ1n) is 19.5. The summed E-state index contributed by atoms with van der Waals surface area (Å²) in [4.78, 5) is 36.0. The molecule has 0 bridgehead atoms. The van der Waals surface area contributed by atoms with Gasteiger partial charge < -0.3 is 49.8 Å². The first-order chi connectivity index (χ1) is 28.8. The normalized spacial score (nSPS) is 13.9. The molecule has 1 aliphatic rings. The van der Waals surface area contributed by atoms with Gasteiger partial charge in [0.15, 0.2) is 5.75 Å². The van der Waals surface area contributed by atoms with Gasteiger partial charge in [0.25, 0.3) is 5.91 Å². The second-order valence-corrected chi connectivity index (χ2v) is 16.5. The summed E-state index contributed by atoms with van der Waals surface area (Å²) >= 11 is 0. The zero-order valence-electron chi connectivity index (χ0n) is 35.4. The molecule has 2 heterocycles. The molecule has 3 amide bonds. The number of ether oxygens (including phenoxy) is 4. The molecule has 0 radical (unpaired) electrons. The average molecular weight is 839 g/mol. The predicted octanol–water partition coefficient (Wildman–Crippen LogP) is 7.42. The third kappa shape index (κ3) is 10.7. The van der Waals surface area contributed by atoms with Crippen molar-refractivity contribution in [2.24, 2.45) is 0 Å². The Hall–Kier alpha value is -6.10. The van der Waals surface area contributed by atoms with E-state index in [-0.39, 0.29) is 11.3 Å². The minimum atomic E-state index is -1.37. The molecule has 1 atom stereocenters. The maximum absolute atomic E-state index is 13.5. The molecule has 0 aliphatic carbocycles. The number of fused-ring (bicyclic) bond motifs is 1. The Labute approximate surface area is 353 Å². The van der Waals surface area contributed by atoms with Crippen LogP contribution in [0.1, 0.15) is 36.7 Å². The highest BCUT2D eigenvalue weighted by molar-refractivity contribution is 7.85. The van der Waals surface area contributed by atoms with Crippen LogP contribution in [-0.2, 0) is 16.4 Å². The van der Waals surface area contributed by atoms with Crippen LogP contribution in [0.15, 0.2) is 79.0 Å². The second kappa shape index (κ2) is 19.3. The van der Waals surface area contributed by atoms with Gasteiger partial charge in [-0.1, -0.05) is 45.0 Å². The largest absolute Gasteiger partial charge is 0.496 e. The van der Waals surface area contributed by atoms with E-state index in [1.54, 1.807) is 42.6 Å². The fraction of sp³-hybridized carbons (Fsp3) is 0.341. The molecule has 1 aromatic heterocycles. The van der Waals surface area contributed by atoms with Crippen LogP contribution in [0.4, 0.5) is 33.4 Å². The topological polar surface area (TPSA) is 168 Å². The van der Waals surface area contributed by atoms with E-state index in [9.17, 15) is 13.8 Å². The lowest BCUT2D eigenvalue weighted by Gasteiger charge is -2.32. The number of nitrogens with one attached hydrogen (secondary N) is 5. The minimum absolute atomic E-state index is 0.265. The Kier molecular flexibility index (Phi) is 14.0. The number of benzene rings is 4. The van der Waals surface area contributed by atoms with Crippen molar-refractivity contribution in [3.05, 3.63) is 90.1 Å². The van der Waals surface area contributed by atoms with Crippen LogP contribution in [0, 0.1) is 0 Å². The number of methoxy groups -OCH3 is 3. The monoisotopic (exact) mass is 838 g/mol. The van der Waals surface area contributed by atoms with Gasteiger partial charge in [0, 0.05) is 86.4 Å². The molecule has 1 aliphatic heterocycles. The van der Waals surface area contributed by atoms with Crippen LogP contribution in [0.5, 0.6) is 28.7 Å². The zero-order chi connectivity index (χ0) is 43.0. The Balaban J connectivity index is 1.16. The molecular formula is C44H54N8O7S. The molecule has 15 nitrogen and oxygen atoms in total. The number of carbonyl (C=O) groups is 2. The highest BCUT2D eigenvalue weighted by Crippen LogP contribution is 2.40. The van der Waals surface area contributed by atoms with Gasteiger partial charge in [-0.15, -0.1) is 0 Å². The highest BCUT2D eigenvalue weighted by Gasteiger charge is 2.23. The van der Waals surface area contributed by atoms with E-state index in [4.69, 9.17) is 18.9 Å². The predicted molar refractivity (Wildman–Crippen MR) is 239 cm³/mol. The van der Waals surface area contributed by atoms with Crippen molar-refractivity contribution in [1.82, 2.24) is 20.1 Å². The molecule has 318 valence electrons. The van der Waals surface area contributed by atoms with Crippen molar-refractivity contribution < 1.29 is 32.7 Å². The lowest BCUT2D eigenvalue weighted by molar-refractivity contribution is 0.0935. The number of hydrogen-bond donors (Lipinski definition) is 5. The standard InChI is InChI=1S/C44H54N8O7S/c1-44(2,3)28-23-34(41(58-7)35(24-28)50-60(8)55)49-43(54)48-33-13-14-36(32-12-10-9-11-31(32)33)59-30-15-16-45-39(27-30)47-29-25-37(56-5)40(38(26-29)57-6)42(53)46-17-18-52-21-19-51(4)20-22-52/h9-16,23-27,50H,17-22H2,1-8H3,(H,45,47)(H,46,53)(H2,48,49,54). The molecule has 60 heavy (non-hydrogen) atoms. The summed E-state index contributed by atoms with van der Waals surface area (Å²) in [5, 5.41) is 13.7. The van der Waals surface area contributed by atoms with Crippen molar-refractivity contribution in [2.45, 2.75) is 26.2 Å². The fourth-order valence-electron chi connectivity index (χ4n) is 6.86. The maximum Gasteiger partial charge on any atom is 0.323 e. The molecular weight excluding hydrogens is 785 g/mol. The number of likely N-dealkylation sites (N-methyl/N-ethyl adjacent to an activating group) is 1. The molecule has 1 fully saturated rings. The lowest BCUT2D eigenvalue weighted by Crippen LogP contribution is -2.46. The van der Waals surface area contributed by atoms with Crippen LogP contribution >= 0.6 is 0 Å². The van der Waals surface area contributed by atoms with Crippen molar-refractivity contribution >= 4 is 62.3 Å². The molecule has 1 saturated heterocycles. The van der Waals surface area contributed by atoms with Crippen molar-refractivity contribution in [3.63, 3.8) is 0 Å². The first-order valence-corrected chi connectivity index (χ1v) is 21.1. The van der Waals surface area contributed by atoms with Gasteiger partial charge in [-0.05, 0) is 48.4 Å². The van der Waals surface area contributed by atoms with Gasteiger partial charge in [-0.25, -0.2) is 14.0 Å². The van der Waals surface area contributed by atoms with Gasteiger partial charge >= 0.3 is 6.03 Å². The summed E-state index contributed by atoms with van der Waals surface area (Å²) in [6.07, 6.45) is 3.15. The molecule has 16 heteroatoms. The van der Waals surface area contributed by atoms with E-state index in [2.05, 4.69) is 68.6 Å². The summed E-state index contributed by atoms with van der Waals surface area (Å²) < 4.78 is 38.4.